The van der Waals surface area contributed by atoms with Crippen LogP contribution in [0.15, 0.2) is 23.2 Å². The summed E-state index contributed by atoms with van der Waals surface area (Å²) in [5.74, 6) is 1.68. The van der Waals surface area contributed by atoms with Crippen LogP contribution in [0.3, 0.4) is 0 Å². The topological polar surface area (TPSA) is 50.5 Å². The lowest BCUT2D eigenvalue weighted by atomic mass is 9.93. The molecule has 0 aliphatic carbocycles. The summed E-state index contributed by atoms with van der Waals surface area (Å²) in [4.78, 5) is 22.8. The van der Waals surface area contributed by atoms with Gasteiger partial charge in [0.25, 0.3) is 0 Å². The third kappa shape index (κ3) is 1.78. The minimum absolute atomic E-state index is 0.309. The summed E-state index contributed by atoms with van der Waals surface area (Å²) in [6.07, 6.45) is 9.52. The minimum Gasteiger partial charge on any atom is -0.339 e. The van der Waals surface area contributed by atoms with Crippen LogP contribution >= 0.6 is 15.9 Å². The zero-order chi connectivity index (χ0) is 13.7. The molecule has 1 amide bonds. The van der Waals surface area contributed by atoms with Crippen molar-refractivity contribution in [2.24, 2.45) is 0 Å². The maximum Gasteiger partial charge on any atom is 0.222 e. The van der Waals surface area contributed by atoms with Crippen molar-refractivity contribution in [3.05, 3.63) is 29.0 Å². The summed E-state index contributed by atoms with van der Waals surface area (Å²) in [6.45, 7) is 0.808. The average Bonchev–Trinajstić information content (AvgIpc) is 3.04. The number of fused-ring (bicyclic) bond motifs is 2. The molecule has 2 aromatic rings. The molecule has 0 N–H and O–H groups in total. The van der Waals surface area contributed by atoms with E-state index in [1.807, 2.05) is 12.4 Å². The second-order valence-corrected chi connectivity index (χ2v) is 6.35. The normalized spacial score (nSPS) is 26.2. The first kappa shape index (κ1) is 12.3. The Morgan fingerprint density at radius 1 is 1.25 bits per heavy atom. The van der Waals surface area contributed by atoms with Crippen LogP contribution in [0.4, 0.5) is 0 Å². The van der Waals surface area contributed by atoms with Gasteiger partial charge in [-0.2, -0.15) is 0 Å². The maximum atomic E-state index is 11.9. The van der Waals surface area contributed by atoms with Gasteiger partial charge in [-0.15, -0.1) is 0 Å². The van der Waals surface area contributed by atoms with Crippen molar-refractivity contribution in [1.29, 1.82) is 0 Å². The zero-order valence-corrected chi connectivity index (χ0v) is 12.6. The standard InChI is InChI=1S/C14H15BrN4O/c15-13-11-7-17-14(18(11)6-5-16-13)9-1-2-10-3-4-12(20)19(10)8-9/h5-7,9-10H,1-4,8H2. The third-order valence-corrected chi connectivity index (χ3v) is 5.13. The first-order valence-electron chi connectivity index (χ1n) is 7.01. The smallest absolute Gasteiger partial charge is 0.222 e. The van der Waals surface area contributed by atoms with E-state index >= 15 is 0 Å². The van der Waals surface area contributed by atoms with Crippen LogP contribution in [0.25, 0.3) is 5.52 Å². The van der Waals surface area contributed by atoms with Gasteiger partial charge in [-0.1, -0.05) is 0 Å². The fraction of sp³-hybridized carbons (Fsp3) is 0.500. The molecule has 2 atom stereocenters. The Bertz CT molecular complexity index is 683. The molecule has 2 aliphatic heterocycles. The van der Waals surface area contributed by atoms with Gasteiger partial charge in [-0.25, -0.2) is 9.97 Å². The molecule has 2 unspecified atom stereocenters. The van der Waals surface area contributed by atoms with E-state index in [-0.39, 0.29) is 0 Å². The molecule has 0 radical (unpaired) electrons. The van der Waals surface area contributed by atoms with Crippen molar-refractivity contribution in [1.82, 2.24) is 19.3 Å². The number of hydrogen-bond donors (Lipinski definition) is 0. The third-order valence-electron chi connectivity index (χ3n) is 4.52. The number of carbonyl (C=O) groups excluding carboxylic acids is 1. The lowest BCUT2D eigenvalue weighted by Crippen LogP contribution is -2.41. The second-order valence-electron chi connectivity index (χ2n) is 5.60. The number of halogens is 1. The highest BCUT2D eigenvalue weighted by Crippen LogP contribution is 2.35. The molecule has 4 rings (SSSR count). The number of nitrogens with zero attached hydrogens (tertiary/aromatic N) is 4. The van der Waals surface area contributed by atoms with Crippen molar-refractivity contribution in [2.45, 2.75) is 37.6 Å². The first-order valence-corrected chi connectivity index (χ1v) is 7.80. The average molecular weight is 335 g/mol. The van der Waals surface area contributed by atoms with Crippen LogP contribution in [-0.4, -0.2) is 37.8 Å². The molecule has 20 heavy (non-hydrogen) atoms. The number of imidazole rings is 1. The lowest BCUT2D eigenvalue weighted by molar-refractivity contribution is -0.130. The van der Waals surface area contributed by atoms with Gasteiger partial charge < -0.3 is 4.90 Å². The molecule has 4 heterocycles. The Hall–Kier alpha value is -1.43. The largest absolute Gasteiger partial charge is 0.339 e. The predicted molar refractivity (Wildman–Crippen MR) is 77.4 cm³/mol. The number of rotatable bonds is 1. The van der Waals surface area contributed by atoms with Gasteiger partial charge in [0.1, 0.15) is 10.4 Å². The molecule has 104 valence electrons. The van der Waals surface area contributed by atoms with Crippen molar-refractivity contribution >= 4 is 27.4 Å². The van der Waals surface area contributed by atoms with Gasteiger partial charge in [-0.05, 0) is 35.2 Å². The molecule has 2 fully saturated rings. The predicted octanol–water partition coefficient (Wildman–Crippen LogP) is 2.36. The molecular formula is C14H15BrN4O. The highest BCUT2D eigenvalue weighted by molar-refractivity contribution is 9.10. The maximum absolute atomic E-state index is 11.9. The number of aromatic nitrogens is 3. The van der Waals surface area contributed by atoms with Gasteiger partial charge in [0.2, 0.25) is 5.91 Å². The van der Waals surface area contributed by atoms with E-state index in [1.165, 1.54) is 0 Å². The Labute approximate surface area is 125 Å². The van der Waals surface area contributed by atoms with Crippen molar-refractivity contribution in [3.8, 4) is 0 Å². The van der Waals surface area contributed by atoms with Gasteiger partial charge in [-0.3, -0.25) is 9.20 Å². The van der Waals surface area contributed by atoms with Crippen LogP contribution in [0.2, 0.25) is 0 Å². The zero-order valence-electron chi connectivity index (χ0n) is 11.0. The van der Waals surface area contributed by atoms with E-state index in [9.17, 15) is 4.79 Å². The molecular weight excluding hydrogens is 320 g/mol. The van der Waals surface area contributed by atoms with Gasteiger partial charge in [0.15, 0.2) is 0 Å². The van der Waals surface area contributed by atoms with Gasteiger partial charge in [0, 0.05) is 37.3 Å². The molecule has 5 nitrogen and oxygen atoms in total. The molecule has 0 bridgehead atoms. The van der Waals surface area contributed by atoms with Crippen molar-refractivity contribution in [3.63, 3.8) is 0 Å². The van der Waals surface area contributed by atoms with E-state index < -0.39 is 0 Å². The number of hydrogen-bond acceptors (Lipinski definition) is 3. The molecule has 0 spiro atoms. The summed E-state index contributed by atoms with van der Waals surface area (Å²) in [7, 11) is 0. The van der Waals surface area contributed by atoms with Crippen LogP contribution in [0, 0.1) is 0 Å². The Morgan fingerprint density at radius 3 is 3.05 bits per heavy atom. The lowest BCUT2D eigenvalue weighted by Gasteiger charge is -2.34. The summed E-state index contributed by atoms with van der Waals surface area (Å²) < 4.78 is 2.90. The molecule has 2 aromatic heterocycles. The SMILES string of the molecule is O=C1CCC2CCC(c3ncc4c(Br)nccn34)CN12. The number of carbonyl (C=O) groups is 1. The Kier molecular flexibility index (Phi) is 2.80. The van der Waals surface area contributed by atoms with E-state index in [4.69, 9.17) is 0 Å². The fourth-order valence-electron chi connectivity index (χ4n) is 3.50. The molecule has 0 aromatic carbocycles. The summed E-state index contributed by atoms with van der Waals surface area (Å²) in [5, 5.41) is 0. The van der Waals surface area contributed by atoms with E-state index in [0.29, 0.717) is 17.9 Å². The molecule has 0 saturated carbocycles. The Morgan fingerprint density at radius 2 is 2.15 bits per heavy atom. The van der Waals surface area contributed by atoms with Crippen LogP contribution in [0.5, 0.6) is 0 Å². The van der Waals surface area contributed by atoms with Crippen LogP contribution in [-0.2, 0) is 4.79 Å². The number of piperidine rings is 1. The summed E-state index contributed by atoms with van der Waals surface area (Å²) >= 11 is 3.45. The monoisotopic (exact) mass is 334 g/mol. The van der Waals surface area contributed by atoms with E-state index in [0.717, 1.165) is 48.2 Å². The highest BCUT2D eigenvalue weighted by Gasteiger charge is 2.37. The fourth-order valence-corrected chi connectivity index (χ4v) is 3.91. The molecule has 2 saturated heterocycles. The molecule has 6 heteroatoms. The quantitative estimate of drug-likeness (QED) is 0.804. The van der Waals surface area contributed by atoms with Crippen LogP contribution in [0.1, 0.15) is 37.4 Å². The van der Waals surface area contributed by atoms with E-state index in [1.54, 1.807) is 6.20 Å². The van der Waals surface area contributed by atoms with E-state index in [2.05, 4.69) is 35.2 Å². The Balaban J connectivity index is 1.70. The first-order chi connectivity index (χ1) is 9.74. The minimum atomic E-state index is 0.309. The number of amides is 1. The van der Waals surface area contributed by atoms with Gasteiger partial charge in [0.05, 0.1) is 11.7 Å². The summed E-state index contributed by atoms with van der Waals surface area (Å²) in [6, 6.07) is 0.471. The van der Waals surface area contributed by atoms with Gasteiger partial charge >= 0.3 is 0 Å². The summed E-state index contributed by atoms with van der Waals surface area (Å²) in [5.41, 5.74) is 0.984. The van der Waals surface area contributed by atoms with Crippen LogP contribution < -0.4 is 0 Å². The van der Waals surface area contributed by atoms with Crippen molar-refractivity contribution in [2.75, 3.05) is 6.54 Å². The highest BCUT2D eigenvalue weighted by atomic mass is 79.9. The second kappa shape index (κ2) is 4.55. The molecule has 2 aliphatic rings. The van der Waals surface area contributed by atoms with Crippen molar-refractivity contribution < 1.29 is 4.79 Å².